The molecule has 122 valence electrons. The molecular weight excluding hydrogens is 322 g/mol. The monoisotopic (exact) mass is 339 g/mol. The van der Waals surface area contributed by atoms with Crippen molar-refractivity contribution in [2.45, 2.75) is 24.2 Å². The number of hydrogen-bond donors (Lipinski definition) is 0. The van der Waals surface area contributed by atoms with Gasteiger partial charge >= 0.3 is 0 Å². The molecule has 5 heteroatoms. The highest BCUT2D eigenvalue weighted by atomic mass is 32.2. The van der Waals surface area contributed by atoms with Crippen molar-refractivity contribution in [2.75, 3.05) is 0 Å². The lowest BCUT2D eigenvalue weighted by Gasteiger charge is -2.07. The number of aldehydes is 1. The Morgan fingerprint density at radius 1 is 1.08 bits per heavy atom. The predicted molar refractivity (Wildman–Crippen MR) is 92.6 cm³/mol. The van der Waals surface area contributed by atoms with Gasteiger partial charge < -0.3 is 4.79 Å². The Morgan fingerprint density at radius 2 is 1.79 bits per heavy atom. The quantitative estimate of drug-likeness (QED) is 0.684. The van der Waals surface area contributed by atoms with Crippen LogP contribution in [-0.2, 0) is 14.8 Å². The lowest BCUT2D eigenvalue weighted by Crippen LogP contribution is -2.11. The number of fused-ring (bicyclic) bond motifs is 1. The van der Waals surface area contributed by atoms with Crippen LogP contribution in [0.25, 0.3) is 10.9 Å². The van der Waals surface area contributed by atoms with Crippen LogP contribution in [0.15, 0.2) is 59.6 Å². The summed E-state index contributed by atoms with van der Waals surface area (Å²) >= 11 is 0. The maximum Gasteiger partial charge on any atom is 0.268 e. The van der Waals surface area contributed by atoms with Crippen LogP contribution in [0.3, 0.4) is 0 Å². The van der Waals surface area contributed by atoms with Crippen LogP contribution in [0.1, 0.15) is 23.5 Å². The number of aromatic nitrogens is 1. The van der Waals surface area contributed by atoms with E-state index in [0.717, 1.165) is 29.2 Å². The van der Waals surface area contributed by atoms with Gasteiger partial charge in [-0.3, -0.25) is 0 Å². The van der Waals surface area contributed by atoms with E-state index in [1.807, 2.05) is 31.2 Å². The van der Waals surface area contributed by atoms with E-state index in [1.54, 1.807) is 30.5 Å². The molecule has 2 aromatic carbocycles. The number of nitrogens with zero attached hydrogens (tertiary/aromatic N) is 1. The summed E-state index contributed by atoms with van der Waals surface area (Å²) in [7, 11) is -3.66. The maximum atomic E-state index is 13.1. The van der Waals surface area contributed by atoms with Crippen LogP contribution in [-0.4, -0.2) is 18.7 Å². The molecule has 0 unspecified atom stereocenters. The van der Waals surface area contributed by atoms with Gasteiger partial charge in [0.1, 0.15) is 6.29 Å². The van der Waals surface area contributed by atoms with Gasteiger partial charge in [-0.05, 0) is 43.0 Å². The topological polar surface area (TPSA) is 56.1 Å². The van der Waals surface area contributed by atoms with Gasteiger partial charge in [-0.15, -0.1) is 0 Å². The lowest BCUT2D eigenvalue weighted by molar-refractivity contribution is -0.108. The van der Waals surface area contributed by atoms with Gasteiger partial charge in [-0.1, -0.05) is 35.9 Å². The fraction of sp³-hybridized carbons (Fsp3) is 0.211. The van der Waals surface area contributed by atoms with Crippen molar-refractivity contribution in [1.82, 2.24) is 3.97 Å². The molecule has 0 bridgehead atoms. The first kappa shape index (κ1) is 15.1. The molecule has 1 fully saturated rings. The Hall–Kier alpha value is -2.40. The summed E-state index contributed by atoms with van der Waals surface area (Å²) in [6.07, 6.45) is 3.45. The molecule has 1 aromatic heterocycles. The van der Waals surface area contributed by atoms with Gasteiger partial charge in [0, 0.05) is 17.5 Å². The van der Waals surface area contributed by atoms with Crippen molar-refractivity contribution < 1.29 is 13.2 Å². The normalized spacial score (nSPS) is 20.2. The first-order chi connectivity index (χ1) is 11.5. The third-order valence-corrected chi connectivity index (χ3v) is 6.39. The number of carbonyl (C=O) groups is 1. The summed E-state index contributed by atoms with van der Waals surface area (Å²) < 4.78 is 27.5. The van der Waals surface area contributed by atoms with E-state index in [0.29, 0.717) is 5.52 Å². The number of benzene rings is 2. The number of rotatable bonds is 4. The Kier molecular flexibility index (Phi) is 3.35. The number of para-hydroxylation sites is 1. The third-order valence-electron chi connectivity index (χ3n) is 4.70. The fourth-order valence-electron chi connectivity index (χ4n) is 3.22. The summed E-state index contributed by atoms with van der Waals surface area (Å²) in [4.78, 5) is 11.3. The van der Waals surface area contributed by atoms with Gasteiger partial charge in [0.05, 0.1) is 10.4 Å². The second-order valence-electron chi connectivity index (χ2n) is 6.36. The molecule has 0 saturated heterocycles. The minimum atomic E-state index is -3.66. The zero-order chi connectivity index (χ0) is 16.9. The summed E-state index contributed by atoms with van der Waals surface area (Å²) in [5.74, 6) is 0.133. The summed E-state index contributed by atoms with van der Waals surface area (Å²) in [5.41, 5.74) is 2.61. The smallest absolute Gasteiger partial charge is 0.268 e. The van der Waals surface area contributed by atoms with E-state index < -0.39 is 10.0 Å². The van der Waals surface area contributed by atoms with Crippen molar-refractivity contribution in [3.8, 4) is 0 Å². The largest absolute Gasteiger partial charge is 0.303 e. The van der Waals surface area contributed by atoms with Crippen LogP contribution in [0, 0.1) is 12.8 Å². The van der Waals surface area contributed by atoms with Crippen molar-refractivity contribution in [3.05, 3.63) is 65.9 Å². The van der Waals surface area contributed by atoms with Crippen molar-refractivity contribution >= 4 is 27.2 Å². The molecule has 4 nitrogen and oxygen atoms in total. The molecule has 24 heavy (non-hydrogen) atoms. The first-order valence-corrected chi connectivity index (χ1v) is 9.34. The second kappa shape index (κ2) is 5.31. The Bertz CT molecular complexity index is 1030. The summed E-state index contributed by atoms with van der Waals surface area (Å²) in [6, 6.07) is 14.3. The van der Waals surface area contributed by atoms with Gasteiger partial charge in [0.2, 0.25) is 0 Å². The van der Waals surface area contributed by atoms with E-state index in [9.17, 15) is 13.2 Å². The SMILES string of the molecule is Cc1ccc(S(=O)(=O)n2cc([C@@H]3C[C@@H]3C=O)c3ccccc32)cc1. The molecule has 3 aromatic rings. The molecule has 1 heterocycles. The van der Waals surface area contributed by atoms with E-state index in [1.165, 1.54) is 3.97 Å². The molecule has 0 amide bonds. The fourth-order valence-corrected chi connectivity index (χ4v) is 4.59. The molecule has 1 aliphatic carbocycles. The molecule has 1 saturated carbocycles. The van der Waals surface area contributed by atoms with Gasteiger partial charge in [0.15, 0.2) is 0 Å². The molecule has 0 radical (unpaired) electrons. The molecule has 0 N–H and O–H groups in total. The number of hydrogen-bond acceptors (Lipinski definition) is 3. The Labute approximate surface area is 140 Å². The maximum absolute atomic E-state index is 13.1. The average molecular weight is 339 g/mol. The highest BCUT2D eigenvalue weighted by molar-refractivity contribution is 7.90. The van der Waals surface area contributed by atoms with E-state index in [-0.39, 0.29) is 16.7 Å². The van der Waals surface area contributed by atoms with Crippen molar-refractivity contribution in [2.24, 2.45) is 5.92 Å². The molecule has 2 atom stereocenters. The third kappa shape index (κ3) is 2.27. The zero-order valence-electron chi connectivity index (χ0n) is 13.2. The minimum Gasteiger partial charge on any atom is -0.303 e. The Morgan fingerprint density at radius 3 is 2.46 bits per heavy atom. The lowest BCUT2D eigenvalue weighted by atomic mass is 10.1. The van der Waals surface area contributed by atoms with Crippen LogP contribution in [0.5, 0.6) is 0 Å². The van der Waals surface area contributed by atoms with Gasteiger partial charge in [-0.25, -0.2) is 12.4 Å². The predicted octanol–water partition coefficient (Wildman–Crippen LogP) is 3.49. The molecular formula is C19H17NO3S. The van der Waals surface area contributed by atoms with Crippen molar-refractivity contribution in [3.63, 3.8) is 0 Å². The highest BCUT2D eigenvalue weighted by Gasteiger charge is 2.40. The average Bonchev–Trinajstić information content (AvgIpc) is 3.26. The molecule has 4 rings (SSSR count). The van der Waals surface area contributed by atoms with Crippen LogP contribution >= 0.6 is 0 Å². The molecule has 0 spiro atoms. The molecule has 1 aliphatic rings. The van der Waals surface area contributed by atoms with Crippen LogP contribution < -0.4 is 0 Å². The van der Waals surface area contributed by atoms with E-state index in [2.05, 4.69) is 0 Å². The summed E-state index contributed by atoms with van der Waals surface area (Å²) in [5, 5.41) is 0.905. The number of aryl methyl sites for hydroxylation is 1. The second-order valence-corrected chi connectivity index (χ2v) is 8.17. The standard InChI is InChI=1S/C19H17NO3S/c1-13-6-8-15(9-7-13)24(22,23)20-11-18(17-10-14(17)12-21)16-4-2-3-5-19(16)20/h2-9,11-12,14,17H,10H2,1H3/t14-,17-/m1/s1. The highest BCUT2D eigenvalue weighted by Crippen LogP contribution is 2.49. The van der Waals surface area contributed by atoms with E-state index >= 15 is 0 Å². The Balaban J connectivity index is 1.91. The summed E-state index contributed by atoms with van der Waals surface area (Å²) in [6.45, 7) is 1.92. The van der Waals surface area contributed by atoms with E-state index in [4.69, 9.17) is 0 Å². The zero-order valence-corrected chi connectivity index (χ0v) is 14.0. The van der Waals surface area contributed by atoms with Crippen molar-refractivity contribution in [1.29, 1.82) is 0 Å². The van der Waals surface area contributed by atoms with Crippen LogP contribution in [0.2, 0.25) is 0 Å². The molecule has 0 aliphatic heterocycles. The van der Waals surface area contributed by atoms with Gasteiger partial charge in [-0.2, -0.15) is 0 Å². The first-order valence-electron chi connectivity index (χ1n) is 7.90. The minimum absolute atomic E-state index is 0.00587. The van der Waals surface area contributed by atoms with Gasteiger partial charge in [0.25, 0.3) is 10.0 Å². The van der Waals surface area contributed by atoms with Crippen LogP contribution in [0.4, 0.5) is 0 Å². The number of carbonyl (C=O) groups excluding carboxylic acids is 1.